The van der Waals surface area contributed by atoms with E-state index in [0.717, 1.165) is 5.56 Å². The molecule has 1 aromatic carbocycles. The van der Waals surface area contributed by atoms with E-state index in [9.17, 15) is 9.59 Å². The molecular weight excluding hydrogens is 254 g/mol. The number of Topliss-reactive ketones (excluding diaryl/α,β-unsaturated/α-hetero) is 1. The molecule has 1 unspecified atom stereocenters. The second-order valence-corrected chi connectivity index (χ2v) is 4.34. The summed E-state index contributed by atoms with van der Waals surface area (Å²) in [5, 5.41) is 8.41. The Labute approximate surface area is 110 Å². The maximum atomic E-state index is 11.4. The SMILES string of the molecule is COC(=O)C(C(=N)Cc1cccc(Cl)c1)C(C)=O. The van der Waals surface area contributed by atoms with Gasteiger partial charge >= 0.3 is 5.97 Å². The fourth-order valence-corrected chi connectivity index (χ4v) is 1.85. The van der Waals surface area contributed by atoms with Gasteiger partial charge in [0.05, 0.1) is 7.11 Å². The van der Waals surface area contributed by atoms with Crippen molar-refractivity contribution in [3.05, 3.63) is 34.9 Å². The van der Waals surface area contributed by atoms with Gasteiger partial charge in [0, 0.05) is 17.2 Å². The number of methoxy groups -OCH3 is 1. The monoisotopic (exact) mass is 267 g/mol. The van der Waals surface area contributed by atoms with Gasteiger partial charge in [0.2, 0.25) is 0 Å². The van der Waals surface area contributed by atoms with Crippen molar-refractivity contribution in [3.63, 3.8) is 0 Å². The first-order chi connectivity index (χ1) is 8.45. The van der Waals surface area contributed by atoms with Crippen LogP contribution in [-0.2, 0) is 20.7 Å². The zero-order valence-corrected chi connectivity index (χ0v) is 11.0. The number of rotatable bonds is 5. The Morgan fingerprint density at radius 3 is 2.61 bits per heavy atom. The van der Waals surface area contributed by atoms with Gasteiger partial charge in [-0.25, -0.2) is 0 Å². The topological polar surface area (TPSA) is 67.2 Å². The van der Waals surface area contributed by atoms with Gasteiger partial charge in [-0.2, -0.15) is 0 Å². The molecule has 0 saturated heterocycles. The lowest BCUT2D eigenvalue weighted by molar-refractivity contribution is -0.146. The van der Waals surface area contributed by atoms with Crippen LogP contribution in [0.3, 0.4) is 0 Å². The van der Waals surface area contributed by atoms with Crippen molar-refractivity contribution in [1.82, 2.24) is 0 Å². The number of hydrogen-bond acceptors (Lipinski definition) is 4. The molecule has 0 heterocycles. The standard InChI is InChI=1S/C13H14ClNO3/c1-8(16)12(13(17)18-2)11(15)7-9-4-3-5-10(14)6-9/h3-6,12,15H,7H2,1-2H3. The van der Waals surface area contributed by atoms with E-state index in [0.29, 0.717) is 5.02 Å². The van der Waals surface area contributed by atoms with E-state index >= 15 is 0 Å². The first-order valence-corrected chi connectivity index (χ1v) is 5.73. The molecule has 96 valence electrons. The Morgan fingerprint density at radius 2 is 2.11 bits per heavy atom. The van der Waals surface area contributed by atoms with Crippen molar-refractivity contribution >= 4 is 29.1 Å². The Bertz CT molecular complexity index is 485. The summed E-state index contributed by atoms with van der Waals surface area (Å²) in [6.07, 6.45) is 0.194. The third kappa shape index (κ3) is 3.67. The van der Waals surface area contributed by atoms with Gasteiger partial charge in [0.25, 0.3) is 0 Å². The van der Waals surface area contributed by atoms with Gasteiger partial charge in [0.15, 0.2) is 5.92 Å². The molecule has 1 N–H and O–H groups in total. The Balaban J connectivity index is 2.86. The van der Waals surface area contributed by atoms with E-state index in [-0.39, 0.29) is 12.1 Å². The largest absolute Gasteiger partial charge is 0.468 e. The molecule has 0 radical (unpaired) electrons. The molecule has 1 aromatic rings. The highest BCUT2D eigenvalue weighted by atomic mass is 35.5. The molecule has 0 aliphatic heterocycles. The van der Waals surface area contributed by atoms with Gasteiger partial charge in [-0.05, 0) is 24.6 Å². The molecule has 0 amide bonds. The van der Waals surface area contributed by atoms with Crippen LogP contribution in [0.2, 0.25) is 5.02 Å². The summed E-state index contributed by atoms with van der Waals surface area (Å²) in [5.41, 5.74) is 0.791. The first kappa shape index (κ1) is 14.4. The Morgan fingerprint density at radius 1 is 1.44 bits per heavy atom. The molecule has 0 saturated carbocycles. The molecule has 0 aliphatic carbocycles. The zero-order chi connectivity index (χ0) is 13.7. The molecule has 0 aliphatic rings. The predicted molar refractivity (Wildman–Crippen MR) is 69.1 cm³/mol. The van der Waals surface area contributed by atoms with Gasteiger partial charge in [-0.15, -0.1) is 0 Å². The summed E-state index contributed by atoms with van der Waals surface area (Å²) < 4.78 is 4.53. The average molecular weight is 268 g/mol. The van der Waals surface area contributed by atoms with Gasteiger partial charge in [-0.1, -0.05) is 23.7 Å². The van der Waals surface area contributed by atoms with E-state index in [2.05, 4.69) is 4.74 Å². The number of benzene rings is 1. The highest BCUT2D eigenvalue weighted by Crippen LogP contribution is 2.14. The number of ketones is 1. The number of nitrogens with one attached hydrogen (secondary N) is 1. The highest BCUT2D eigenvalue weighted by molar-refractivity contribution is 6.30. The van der Waals surface area contributed by atoms with Crippen LogP contribution < -0.4 is 0 Å². The third-order valence-electron chi connectivity index (χ3n) is 2.48. The molecule has 0 fully saturated rings. The number of ether oxygens (including phenoxy) is 1. The minimum Gasteiger partial charge on any atom is -0.468 e. The zero-order valence-electron chi connectivity index (χ0n) is 10.2. The maximum absolute atomic E-state index is 11.4. The van der Waals surface area contributed by atoms with E-state index in [4.69, 9.17) is 17.0 Å². The minimum atomic E-state index is -1.13. The fraction of sp³-hybridized carbons (Fsp3) is 0.308. The van der Waals surface area contributed by atoms with Crippen LogP contribution in [0.15, 0.2) is 24.3 Å². The summed E-state index contributed by atoms with van der Waals surface area (Å²) in [6.45, 7) is 1.27. The molecular formula is C13H14ClNO3. The van der Waals surface area contributed by atoms with Gasteiger partial charge < -0.3 is 10.1 Å². The summed E-state index contributed by atoms with van der Waals surface area (Å²) in [7, 11) is 1.20. The molecule has 0 spiro atoms. The summed E-state index contributed by atoms with van der Waals surface area (Å²) in [5.74, 6) is -2.22. The van der Waals surface area contributed by atoms with E-state index in [1.807, 2.05) is 0 Å². The first-order valence-electron chi connectivity index (χ1n) is 5.35. The molecule has 5 heteroatoms. The second-order valence-electron chi connectivity index (χ2n) is 3.90. The molecule has 0 aromatic heterocycles. The number of hydrogen-bond donors (Lipinski definition) is 1. The Kier molecular flexibility index (Phi) is 5.04. The predicted octanol–water partition coefficient (Wildman–Crippen LogP) is 2.28. The molecule has 1 atom stereocenters. The lowest BCUT2D eigenvalue weighted by Crippen LogP contribution is -2.32. The van der Waals surface area contributed by atoms with Crippen LogP contribution >= 0.6 is 11.6 Å². The van der Waals surface area contributed by atoms with Crippen molar-refractivity contribution in [2.75, 3.05) is 7.11 Å². The number of esters is 1. The van der Waals surface area contributed by atoms with Crippen molar-refractivity contribution in [1.29, 1.82) is 5.41 Å². The van der Waals surface area contributed by atoms with E-state index < -0.39 is 17.7 Å². The van der Waals surface area contributed by atoms with E-state index in [1.165, 1.54) is 14.0 Å². The summed E-state index contributed by atoms with van der Waals surface area (Å²) >= 11 is 5.83. The van der Waals surface area contributed by atoms with Crippen molar-refractivity contribution in [2.45, 2.75) is 13.3 Å². The van der Waals surface area contributed by atoms with Gasteiger partial charge in [0.1, 0.15) is 5.78 Å². The number of carbonyl (C=O) groups is 2. The van der Waals surface area contributed by atoms with Crippen LogP contribution in [-0.4, -0.2) is 24.6 Å². The highest BCUT2D eigenvalue weighted by Gasteiger charge is 2.28. The molecule has 0 bridgehead atoms. The molecule has 4 nitrogen and oxygen atoms in total. The molecule has 1 rings (SSSR count). The van der Waals surface area contributed by atoms with Crippen molar-refractivity contribution in [2.24, 2.45) is 5.92 Å². The van der Waals surface area contributed by atoms with Crippen molar-refractivity contribution < 1.29 is 14.3 Å². The van der Waals surface area contributed by atoms with Crippen LogP contribution in [0.4, 0.5) is 0 Å². The minimum absolute atomic E-state index is 0.0108. The lowest BCUT2D eigenvalue weighted by Gasteiger charge is -2.13. The maximum Gasteiger partial charge on any atom is 0.321 e. The van der Waals surface area contributed by atoms with Crippen LogP contribution in [0.25, 0.3) is 0 Å². The molecule has 18 heavy (non-hydrogen) atoms. The third-order valence-corrected chi connectivity index (χ3v) is 2.71. The van der Waals surface area contributed by atoms with Crippen molar-refractivity contribution in [3.8, 4) is 0 Å². The Hall–Kier alpha value is -1.68. The fourth-order valence-electron chi connectivity index (χ4n) is 1.64. The quantitative estimate of drug-likeness (QED) is 0.506. The van der Waals surface area contributed by atoms with E-state index in [1.54, 1.807) is 24.3 Å². The lowest BCUT2D eigenvalue weighted by atomic mass is 9.94. The number of halogens is 1. The van der Waals surface area contributed by atoms with Gasteiger partial charge in [-0.3, -0.25) is 9.59 Å². The van der Waals surface area contributed by atoms with Crippen LogP contribution in [0.5, 0.6) is 0 Å². The normalized spacial score (nSPS) is 11.7. The average Bonchev–Trinajstić information content (AvgIpc) is 2.28. The van der Waals surface area contributed by atoms with Crippen LogP contribution in [0.1, 0.15) is 12.5 Å². The summed E-state index contributed by atoms with van der Waals surface area (Å²) in [6, 6.07) is 6.96. The second kappa shape index (κ2) is 6.31. The summed E-state index contributed by atoms with van der Waals surface area (Å²) in [4.78, 5) is 22.8. The van der Waals surface area contributed by atoms with Crippen LogP contribution in [0, 0.1) is 11.3 Å². The smallest absolute Gasteiger partial charge is 0.321 e. The number of carbonyl (C=O) groups excluding carboxylic acids is 2.